The van der Waals surface area contributed by atoms with E-state index in [0.29, 0.717) is 26.2 Å². The third-order valence-corrected chi connectivity index (χ3v) is 5.27. The van der Waals surface area contributed by atoms with Crippen molar-refractivity contribution in [1.82, 2.24) is 4.90 Å². The Bertz CT molecular complexity index is 714. The number of hydrogen-bond donors (Lipinski definition) is 1. The molecule has 2 aromatic rings. The molecule has 0 spiro atoms. The molecule has 3 rings (SSSR count). The van der Waals surface area contributed by atoms with Crippen LogP contribution in [-0.2, 0) is 4.74 Å². The lowest BCUT2D eigenvalue weighted by atomic mass is 9.98. The summed E-state index contributed by atoms with van der Waals surface area (Å²) < 4.78 is 5.74. The molecule has 0 saturated carbocycles. The van der Waals surface area contributed by atoms with Crippen LogP contribution in [0.15, 0.2) is 48.5 Å². The fourth-order valence-electron chi connectivity index (χ4n) is 3.86. The lowest BCUT2D eigenvalue weighted by molar-refractivity contribution is 0.1000. The molecule has 4 heteroatoms. The van der Waals surface area contributed by atoms with E-state index >= 15 is 0 Å². The second-order valence-electron chi connectivity index (χ2n) is 7.14. The van der Waals surface area contributed by atoms with Gasteiger partial charge in [-0.25, -0.2) is 4.79 Å². The van der Waals surface area contributed by atoms with Gasteiger partial charge in [0.15, 0.2) is 0 Å². The number of fused-ring (bicyclic) bond motifs is 3. The third-order valence-electron chi connectivity index (χ3n) is 5.27. The van der Waals surface area contributed by atoms with Crippen LogP contribution in [0.4, 0.5) is 4.79 Å². The van der Waals surface area contributed by atoms with Crippen LogP contribution in [0.3, 0.4) is 0 Å². The van der Waals surface area contributed by atoms with Gasteiger partial charge in [0.1, 0.15) is 6.61 Å². The molecule has 0 aliphatic heterocycles. The summed E-state index contributed by atoms with van der Waals surface area (Å²) in [7, 11) is 0. The van der Waals surface area contributed by atoms with Crippen molar-refractivity contribution in [3.05, 3.63) is 59.7 Å². The smallest absolute Gasteiger partial charge is 0.409 e. The molecular weight excluding hydrogens is 336 g/mol. The highest BCUT2D eigenvalue weighted by Gasteiger charge is 2.29. The number of carbonyl (C=O) groups is 1. The topological polar surface area (TPSA) is 55.6 Å². The minimum atomic E-state index is -0.251. The van der Waals surface area contributed by atoms with Crippen molar-refractivity contribution in [2.24, 2.45) is 5.73 Å². The zero-order chi connectivity index (χ0) is 19.1. The van der Waals surface area contributed by atoms with E-state index in [4.69, 9.17) is 10.5 Å². The number of ether oxygens (including phenoxy) is 1. The number of nitrogens with two attached hydrogens (primary N) is 1. The molecule has 0 fully saturated rings. The van der Waals surface area contributed by atoms with Crippen molar-refractivity contribution < 1.29 is 9.53 Å². The Labute approximate surface area is 162 Å². The molecule has 0 saturated heterocycles. The maximum Gasteiger partial charge on any atom is 0.409 e. The number of unbranched alkanes of at least 4 members (excludes halogenated alkanes) is 3. The van der Waals surface area contributed by atoms with Crippen LogP contribution in [-0.4, -0.2) is 37.2 Å². The first-order valence-corrected chi connectivity index (χ1v) is 10.1. The van der Waals surface area contributed by atoms with Gasteiger partial charge in [-0.3, -0.25) is 0 Å². The number of rotatable bonds is 9. The van der Waals surface area contributed by atoms with Crippen LogP contribution in [0.1, 0.15) is 49.7 Å². The van der Waals surface area contributed by atoms with Gasteiger partial charge in [0.2, 0.25) is 0 Å². The summed E-state index contributed by atoms with van der Waals surface area (Å²) in [5.74, 6) is 0.0983. The zero-order valence-electron chi connectivity index (χ0n) is 16.2. The van der Waals surface area contributed by atoms with E-state index in [-0.39, 0.29) is 12.0 Å². The molecular formula is C23H30N2O2. The van der Waals surface area contributed by atoms with Crippen molar-refractivity contribution in [1.29, 1.82) is 0 Å². The second kappa shape index (κ2) is 9.56. The van der Waals surface area contributed by atoms with Crippen LogP contribution < -0.4 is 5.73 Å². The molecule has 4 nitrogen and oxygen atoms in total. The van der Waals surface area contributed by atoms with Crippen molar-refractivity contribution in [3.63, 3.8) is 0 Å². The number of amides is 1. The van der Waals surface area contributed by atoms with Crippen LogP contribution in [0.25, 0.3) is 11.1 Å². The summed E-state index contributed by atoms with van der Waals surface area (Å²) in [6.07, 6.45) is 4.26. The summed E-state index contributed by atoms with van der Waals surface area (Å²) in [4.78, 5) is 14.4. The van der Waals surface area contributed by atoms with E-state index in [2.05, 4.69) is 43.3 Å². The molecule has 0 radical (unpaired) electrons. The monoisotopic (exact) mass is 366 g/mol. The Hall–Kier alpha value is -2.33. The van der Waals surface area contributed by atoms with E-state index in [0.717, 1.165) is 12.8 Å². The second-order valence-corrected chi connectivity index (χ2v) is 7.14. The minimum absolute atomic E-state index is 0.0983. The fourth-order valence-corrected chi connectivity index (χ4v) is 3.86. The summed E-state index contributed by atoms with van der Waals surface area (Å²) in [5, 5.41) is 0. The molecule has 144 valence electrons. The Morgan fingerprint density at radius 3 is 2.19 bits per heavy atom. The average Bonchev–Trinajstić information content (AvgIpc) is 3.02. The van der Waals surface area contributed by atoms with Gasteiger partial charge >= 0.3 is 6.09 Å². The number of benzene rings is 2. The van der Waals surface area contributed by atoms with E-state index in [9.17, 15) is 4.79 Å². The molecule has 0 aromatic heterocycles. The molecule has 1 amide bonds. The molecule has 2 aromatic carbocycles. The third kappa shape index (κ3) is 4.51. The van der Waals surface area contributed by atoms with Crippen molar-refractivity contribution in [2.75, 3.05) is 26.2 Å². The fraction of sp³-hybridized carbons (Fsp3) is 0.435. The van der Waals surface area contributed by atoms with E-state index in [1.165, 1.54) is 35.1 Å². The Morgan fingerprint density at radius 1 is 0.963 bits per heavy atom. The van der Waals surface area contributed by atoms with Gasteiger partial charge in [-0.05, 0) is 28.7 Å². The maximum atomic E-state index is 12.6. The summed E-state index contributed by atoms with van der Waals surface area (Å²) >= 11 is 0. The van der Waals surface area contributed by atoms with E-state index in [1.54, 1.807) is 4.90 Å². The molecule has 0 heterocycles. The predicted octanol–water partition coefficient (Wildman–Crippen LogP) is 4.78. The quantitative estimate of drug-likeness (QED) is 0.650. The first-order valence-electron chi connectivity index (χ1n) is 10.1. The average molecular weight is 367 g/mol. The van der Waals surface area contributed by atoms with Crippen LogP contribution >= 0.6 is 0 Å². The highest BCUT2D eigenvalue weighted by atomic mass is 16.6. The first kappa shape index (κ1) is 19.4. The Balaban J connectivity index is 1.65. The summed E-state index contributed by atoms with van der Waals surface area (Å²) in [6.45, 7) is 4.26. The zero-order valence-corrected chi connectivity index (χ0v) is 16.2. The predicted molar refractivity (Wildman–Crippen MR) is 110 cm³/mol. The molecule has 27 heavy (non-hydrogen) atoms. The minimum Gasteiger partial charge on any atom is -0.448 e. The normalized spacial score (nSPS) is 12.5. The van der Waals surface area contributed by atoms with Gasteiger partial charge in [0.25, 0.3) is 0 Å². The van der Waals surface area contributed by atoms with Gasteiger partial charge in [0.05, 0.1) is 0 Å². The van der Waals surface area contributed by atoms with E-state index < -0.39 is 0 Å². The molecule has 1 aliphatic rings. The standard InChI is InChI=1S/C23H30N2O2/c1-2-3-4-9-15-25(16-14-24)23(26)27-17-22-20-12-7-5-10-18(20)19-11-6-8-13-21(19)22/h5-8,10-13,22H,2-4,9,14-17,24H2,1H3. The first-order chi connectivity index (χ1) is 13.3. The molecule has 2 N–H and O–H groups in total. The van der Waals surface area contributed by atoms with Crippen molar-refractivity contribution >= 4 is 6.09 Å². The molecule has 1 aliphatic carbocycles. The number of nitrogens with zero attached hydrogens (tertiary/aromatic N) is 1. The molecule has 0 atom stereocenters. The Kier molecular flexibility index (Phi) is 6.88. The maximum absolute atomic E-state index is 12.6. The lowest BCUT2D eigenvalue weighted by Crippen LogP contribution is -2.37. The van der Waals surface area contributed by atoms with E-state index in [1.807, 2.05) is 12.1 Å². The van der Waals surface area contributed by atoms with Gasteiger partial charge in [-0.15, -0.1) is 0 Å². The van der Waals surface area contributed by atoms with Gasteiger partial charge in [-0.2, -0.15) is 0 Å². The highest BCUT2D eigenvalue weighted by molar-refractivity contribution is 5.79. The van der Waals surface area contributed by atoms with Crippen LogP contribution in [0, 0.1) is 0 Å². The van der Waals surface area contributed by atoms with Gasteiger partial charge < -0.3 is 15.4 Å². The van der Waals surface area contributed by atoms with Crippen LogP contribution in [0.5, 0.6) is 0 Å². The largest absolute Gasteiger partial charge is 0.448 e. The Morgan fingerprint density at radius 2 is 1.59 bits per heavy atom. The van der Waals surface area contributed by atoms with Gasteiger partial charge in [-0.1, -0.05) is 74.7 Å². The summed E-state index contributed by atoms with van der Waals surface area (Å²) in [5.41, 5.74) is 10.7. The summed E-state index contributed by atoms with van der Waals surface area (Å²) in [6, 6.07) is 16.8. The molecule has 0 unspecified atom stereocenters. The lowest BCUT2D eigenvalue weighted by Gasteiger charge is -2.23. The SMILES string of the molecule is CCCCCCN(CCN)C(=O)OCC1c2ccccc2-c2ccccc21. The molecule has 0 bridgehead atoms. The number of carbonyl (C=O) groups excluding carboxylic acids is 1. The highest BCUT2D eigenvalue weighted by Crippen LogP contribution is 2.44. The number of hydrogen-bond acceptors (Lipinski definition) is 3. The van der Waals surface area contributed by atoms with Crippen molar-refractivity contribution in [2.45, 2.75) is 38.5 Å². The van der Waals surface area contributed by atoms with Crippen molar-refractivity contribution in [3.8, 4) is 11.1 Å². The van der Waals surface area contributed by atoms with Gasteiger partial charge in [0, 0.05) is 25.6 Å². The van der Waals surface area contributed by atoms with Crippen LogP contribution in [0.2, 0.25) is 0 Å².